The molecule has 115 heavy (non-hydrogen) atoms. The largest absolute Gasteiger partial charge is 0.309 e. The molecule has 0 radical (unpaired) electrons. The highest BCUT2D eigenvalue weighted by molar-refractivity contribution is 5.96. The summed E-state index contributed by atoms with van der Waals surface area (Å²) in [5, 5.41) is 13.7. The Morgan fingerprint density at radius 1 is 0.296 bits per heavy atom. The standard InChI is InChI=1S/C26H22FN3O.C24H24FN3O.C23H22FN3O.C22H20FN3O/c1-17(2)13-23-26(28-16-24(29-23)20-9-11-22(27)12-10-20)30-25(31)15-18-7-8-19-5-3-4-6-21(19)14-18;1-17(2)15-21-24(26-16-22(27-21)19-11-13-20(25)14-12-19)28-23(29)10-6-9-18-7-4-3-5-8-18;1-16(2)14-20-23(27-22(28)13-8-17-6-4-3-5-7-17)25-15-21(26-20)18-9-11-19(24)12-10-18;1-15(2)12-19-22(26-21(27)13-16-6-4-3-5-7-16)24-14-20(25-19)17-8-10-18(23)11-9-17/h3-14,16H,15H2,1-2H3,(H,28,30,31);3-5,7-8,11-16H,6,9-10H2,1-2H3,(H,26,28,29);3-7,9-12,14-15H,8,13H2,1-2H3,(H,25,27,28);3-12,14H,13H2,1-2H3,(H,24,26,27). The Bertz CT molecular complexity index is 5600. The van der Waals surface area contributed by atoms with Crippen LogP contribution in [0.4, 0.5) is 40.8 Å². The topological polar surface area (TPSA) is 220 Å². The maximum Gasteiger partial charge on any atom is 0.230 e. The third-order valence-corrected chi connectivity index (χ3v) is 17.1. The number of hydrogen-bond donors (Lipinski definition) is 4. The summed E-state index contributed by atoms with van der Waals surface area (Å²) in [6.45, 7) is 15.6. The molecule has 13 rings (SSSR count). The lowest BCUT2D eigenvalue weighted by Gasteiger charge is -2.10. The number of halogens is 4. The van der Waals surface area contributed by atoms with Crippen LogP contribution in [0.25, 0.3) is 80.1 Å². The Hall–Kier alpha value is -13.9. The zero-order valence-corrected chi connectivity index (χ0v) is 65.2. The van der Waals surface area contributed by atoms with Gasteiger partial charge in [-0.3, -0.25) is 19.2 Å². The Labute approximate surface area is 667 Å². The zero-order valence-electron chi connectivity index (χ0n) is 65.2. The average molecular weight is 1540 g/mol. The fraction of sp³-hybridized carbons (Fsp3) is 0.158. The van der Waals surface area contributed by atoms with Gasteiger partial charge in [-0.25, -0.2) is 57.4 Å². The molecule has 0 atom stereocenters. The molecule has 580 valence electrons. The van der Waals surface area contributed by atoms with E-state index in [2.05, 4.69) is 73.3 Å². The van der Waals surface area contributed by atoms with Gasteiger partial charge < -0.3 is 21.3 Å². The Balaban J connectivity index is 0.000000162. The van der Waals surface area contributed by atoms with Crippen LogP contribution in [0.1, 0.15) is 120 Å². The van der Waals surface area contributed by atoms with E-state index in [0.717, 1.165) is 84.9 Å². The molecule has 0 aliphatic heterocycles. The van der Waals surface area contributed by atoms with Crippen molar-refractivity contribution < 1.29 is 36.7 Å². The molecule has 4 aromatic heterocycles. The molecule has 0 saturated carbocycles. The fourth-order valence-corrected chi connectivity index (χ4v) is 11.6. The number of rotatable bonds is 23. The maximum atomic E-state index is 13.2. The van der Waals surface area contributed by atoms with Crippen molar-refractivity contribution in [1.82, 2.24) is 39.9 Å². The van der Waals surface area contributed by atoms with Crippen molar-refractivity contribution in [2.45, 2.75) is 100 Å². The Morgan fingerprint density at radius 3 is 0.922 bits per heavy atom. The molecule has 0 aliphatic carbocycles. The van der Waals surface area contributed by atoms with Crippen molar-refractivity contribution in [3.05, 3.63) is 346 Å². The first-order valence-electron chi connectivity index (χ1n) is 37.4. The quantitative estimate of drug-likeness (QED) is 0.0440. The van der Waals surface area contributed by atoms with Crippen LogP contribution in [-0.4, -0.2) is 63.5 Å². The van der Waals surface area contributed by atoms with E-state index in [0.29, 0.717) is 88.1 Å². The fourth-order valence-electron chi connectivity index (χ4n) is 11.6. The van der Waals surface area contributed by atoms with Crippen molar-refractivity contribution in [2.75, 3.05) is 21.3 Å². The number of nitrogens with one attached hydrogen (secondary N) is 4. The molecule has 0 bridgehead atoms. The molecule has 16 nitrogen and oxygen atoms in total. The van der Waals surface area contributed by atoms with Crippen molar-refractivity contribution >= 4 is 82.0 Å². The predicted octanol–water partition coefficient (Wildman–Crippen LogP) is 21.9. The number of anilines is 4. The van der Waals surface area contributed by atoms with Crippen LogP contribution in [0.3, 0.4) is 0 Å². The molecule has 0 aliphatic rings. The molecular weight excluding hydrogens is 1450 g/mol. The lowest BCUT2D eigenvalue weighted by atomic mass is 10.0. The SMILES string of the molecule is CC(C)=Cc1nc(-c2ccc(F)cc2)cnc1NC(=O)CCCc1ccccc1.CC(C)=Cc1nc(-c2ccc(F)cc2)cnc1NC(=O)CCc1ccccc1.CC(C)=Cc1nc(-c2ccc(F)cc2)cnc1NC(=O)Cc1ccc2ccccc2c1.CC(C)=Cc1nc(-c2ccc(F)cc2)cnc1NC(=O)Cc1ccccc1. The number of carbonyl (C=O) groups excluding carboxylic acids is 4. The van der Waals surface area contributed by atoms with Crippen LogP contribution >= 0.6 is 0 Å². The van der Waals surface area contributed by atoms with Gasteiger partial charge in [0, 0.05) is 35.1 Å². The van der Waals surface area contributed by atoms with Gasteiger partial charge in [-0.2, -0.15) is 0 Å². The summed E-state index contributed by atoms with van der Waals surface area (Å²) in [6, 6.07) is 67.9. The van der Waals surface area contributed by atoms with Gasteiger partial charge in [0.05, 0.1) is 60.4 Å². The third kappa shape index (κ3) is 27.0. The summed E-state index contributed by atoms with van der Waals surface area (Å²) in [5.41, 5.74) is 16.1. The number of nitrogens with zero attached hydrogens (tertiary/aromatic N) is 8. The predicted molar refractivity (Wildman–Crippen MR) is 453 cm³/mol. The zero-order chi connectivity index (χ0) is 81.6. The third-order valence-electron chi connectivity index (χ3n) is 17.1. The second kappa shape index (κ2) is 42.0. The van der Waals surface area contributed by atoms with Crippen LogP contribution in [0, 0.1) is 23.3 Å². The van der Waals surface area contributed by atoms with Gasteiger partial charge in [-0.1, -0.05) is 156 Å². The minimum Gasteiger partial charge on any atom is -0.309 e. The molecule has 4 N–H and O–H groups in total. The van der Waals surface area contributed by atoms with Crippen LogP contribution in [0.2, 0.25) is 0 Å². The first-order chi connectivity index (χ1) is 55.5. The van der Waals surface area contributed by atoms with E-state index >= 15 is 0 Å². The van der Waals surface area contributed by atoms with Crippen molar-refractivity contribution in [3.8, 4) is 45.0 Å². The second-order valence-electron chi connectivity index (χ2n) is 27.9. The van der Waals surface area contributed by atoms with Crippen molar-refractivity contribution in [2.24, 2.45) is 0 Å². The highest BCUT2D eigenvalue weighted by Crippen LogP contribution is 2.28. The first-order valence-corrected chi connectivity index (χ1v) is 37.4. The number of amides is 4. The lowest BCUT2D eigenvalue weighted by Crippen LogP contribution is -2.16. The van der Waals surface area contributed by atoms with E-state index in [4.69, 9.17) is 0 Å². The minimum atomic E-state index is -0.307. The molecule has 0 spiro atoms. The molecule has 4 heterocycles. The van der Waals surface area contributed by atoms with Crippen LogP contribution in [0.15, 0.2) is 278 Å². The highest BCUT2D eigenvalue weighted by Gasteiger charge is 2.18. The number of aromatic nitrogens is 8. The van der Waals surface area contributed by atoms with Crippen molar-refractivity contribution in [1.29, 1.82) is 0 Å². The molecule has 13 aromatic rings. The van der Waals surface area contributed by atoms with E-state index in [1.165, 1.54) is 54.1 Å². The Kier molecular flexibility index (Phi) is 30.5. The molecule has 9 aromatic carbocycles. The lowest BCUT2D eigenvalue weighted by molar-refractivity contribution is -0.117. The minimum absolute atomic E-state index is 0.0897. The summed E-state index contributed by atoms with van der Waals surface area (Å²) in [4.78, 5) is 85.9. The Morgan fingerprint density at radius 2 is 0.583 bits per heavy atom. The van der Waals surface area contributed by atoms with Crippen LogP contribution in [0.5, 0.6) is 0 Å². The summed E-state index contributed by atoms with van der Waals surface area (Å²) in [5.74, 6) is -0.0815. The molecule has 0 unspecified atom stereocenters. The van der Waals surface area contributed by atoms with E-state index < -0.39 is 0 Å². The van der Waals surface area contributed by atoms with Gasteiger partial charge in [0.1, 0.15) is 46.0 Å². The van der Waals surface area contributed by atoms with Gasteiger partial charge in [0.25, 0.3) is 0 Å². The van der Waals surface area contributed by atoms with Crippen LogP contribution < -0.4 is 21.3 Å². The van der Waals surface area contributed by atoms with E-state index in [9.17, 15) is 36.7 Å². The van der Waals surface area contributed by atoms with Gasteiger partial charge >= 0.3 is 0 Å². The number of allylic oxidation sites excluding steroid dienone is 4. The number of aryl methyl sites for hydroxylation is 2. The molecule has 0 fully saturated rings. The highest BCUT2D eigenvalue weighted by atomic mass is 19.1. The smallest absolute Gasteiger partial charge is 0.230 e. The number of benzene rings is 9. The van der Waals surface area contributed by atoms with E-state index in [1.807, 2.05) is 201 Å². The summed E-state index contributed by atoms with van der Waals surface area (Å²) >= 11 is 0. The van der Waals surface area contributed by atoms with Gasteiger partial charge in [-0.15, -0.1) is 0 Å². The number of fused-ring (bicyclic) bond motifs is 1. The first kappa shape index (κ1) is 83.6. The number of hydrogen-bond acceptors (Lipinski definition) is 12. The molecular formula is C95H88F4N12O4. The van der Waals surface area contributed by atoms with Gasteiger partial charge in [0.15, 0.2) is 23.3 Å². The maximum absolute atomic E-state index is 13.2. The summed E-state index contributed by atoms with van der Waals surface area (Å²) in [7, 11) is 0. The molecule has 4 amide bonds. The summed E-state index contributed by atoms with van der Waals surface area (Å²) < 4.78 is 52.7. The van der Waals surface area contributed by atoms with Gasteiger partial charge in [0.2, 0.25) is 23.6 Å². The summed E-state index contributed by atoms with van der Waals surface area (Å²) in [6.07, 6.45) is 17.3. The van der Waals surface area contributed by atoms with Gasteiger partial charge in [-0.05, 0) is 229 Å². The van der Waals surface area contributed by atoms with E-state index in [1.54, 1.807) is 73.3 Å². The number of carbonyl (C=O) groups is 4. The molecule has 20 heteroatoms. The van der Waals surface area contributed by atoms with Crippen LogP contribution in [-0.2, 0) is 44.9 Å². The normalized spacial score (nSPS) is 10.5. The van der Waals surface area contributed by atoms with E-state index in [-0.39, 0.29) is 59.7 Å². The monoisotopic (exact) mass is 1540 g/mol. The van der Waals surface area contributed by atoms with Crippen molar-refractivity contribution in [3.63, 3.8) is 0 Å². The average Bonchev–Trinajstić information content (AvgIpc) is 0.839. The molecule has 0 saturated heterocycles. The second-order valence-corrected chi connectivity index (χ2v) is 27.9.